The van der Waals surface area contributed by atoms with Crippen LogP contribution in [0.25, 0.3) is 0 Å². The summed E-state index contributed by atoms with van der Waals surface area (Å²) >= 11 is 0. The normalized spacial score (nSPS) is 26.4. The summed E-state index contributed by atoms with van der Waals surface area (Å²) in [5.74, 6) is 1.48. The molecule has 1 atom stereocenters. The number of rotatable bonds is 5. The number of carbonyl (C=O) groups is 1. The van der Waals surface area contributed by atoms with E-state index >= 15 is 0 Å². The largest absolute Gasteiger partial charge is 0.356 e. The molecule has 18 heavy (non-hydrogen) atoms. The number of nitrogens with zero attached hydrogens (tertiary/aromatic N) is 1. The summed E-state index contributed by atoms with van der Waals surface area (Å²) in [6.07, 6.45) is 8.52. The number of piperidine rings is 1. The zero-order valence-electron chi connectivity index (χ0n) is 11.8. The minimum atomic E-state index is 0.305. The highest BCUT2D eigenvalue weighted by atomic mass is 16.1. The Hall–Kier alpha value is -0.570. The average molecular weight is 252 g/mol. The fourth-order valence-corrected chi connectivity index (χ4v) is 3.34. The van der Waals surface area contributed by atoms with Gasteiger partial charge in [-0.1, -0.05) is 19.8 Å². The Kier molecular flexibility index (Phi) is 5.48. The molecule has 0 bridgehead atoms. The van der Waals surface area contributed by atoms with E-state index in [1.54, 1.807) is 0 Å². The molecular weight excluding hydrogens is 224 g/mol. The summed E-state index contributed by atoms with van der Waals surface area (Å²) in [5, 5.41) is 3.11. The molecule has 104 valence electrons. The SMILES string of the molecule is CC1CCCN(CCCNC(=O)C2CCCC2)C1. The lowest BCUT2D eigenvalue weighted by Crippen LogP contribution is -2.37. The van der Waals surface area contributed by atoms with Crippen LogP contribution in [-0.2, 0) is 4.79 Å². The molecule has 2 aliphatic rings. The first kappa shape index (κ1) is 13.9. The van der Waals surface area contributed by atoms with Crippen molar-refractivity contribution in [1.29, 1.82) is 0 Å². The van der Waals surface area contributed by atoms with Crippen molar-refractivity contribution in [3.8, 4) is 0 Å². The number of hydrogen-bond donors (Lipinski definition) is 1. The van der Waals surface area contributed by atoms with Crippen molar-refractivity contribution < 1.29 is 4.79 Å². The zero-order chi connectivity index (χ0) is 12.8. The van der Waals surface area contributed by atoms with Gasteiger partial charge in [0, 0.05) is 19.0 Å². The van der Waals surface area contributed by atoms with Crippen LogP contribution in [0.3, 0.4) is 0 Å². The van der Waals surface area contributed by atoms with Crippen LogP contribution in [0.4, 0.5) is 0 Å². The summed E-state index contributed by atoms with van der Waals surface area (Å²) in [6.45, 7) is 6.85. The van der Waals surface area contributed by atoms with E-state index in [0.29, 0.717) is 11.8 Å². The van der Waals surface area contributed by atoms with Gasteiger partial charge in [0.1, 0.15) is 0 Å². The van der Waals surface area contributed by atoms with E-state index in [-0.39, 0.29) is 0 Å². The van der Waals surface area contributed by atoms with E-state index in [9.17, 15) is 4.79 Å². The monoisotopic (exact) mass is 252 g/mol. The molecule has 1 saturated carbocycles. The zero-order valence-corrected chi connectivity index (χ0v) is 11.8. The van der Waals surface area contributed by atoms with Gasteiger partial charge >= 0.3 is 0 Å². The first-order valence-electron chi connectivity index (χ1n) is 7.76. The molecule has 1 heterocycles. The van der Waals surface area contributed by atoms with Gasteiger partial charge in [-0.15, -0.1) is 0 Å². The number of likely N-dealkylation sites (tertiary alicyclic amines) is 1. The summed E-state index contributed by atoms with van der Waals surface area (Å²) < 4.78 is 0. The van der Waals surface area contributed by atoms with E-state index in [4.69, 9.17) is 0 Å². The number of carbonyl (C=O) groups excluding carboxylic acids is 1. The predicted octanol–water partition coefficient (Wildman–Crippen LogP) is 2.41. The molecule has 1 unspecified atom stereocenters. The van der Waals surface area contributed by atoms with Crippen LogP contribution < -0.4 is 5.32 Å². The quantitative estimate of drug-likeness (QED) is 0.762. The van der Waals surface area contributed by atoms with Crippen LogP contribution in [0.1, 0.15) is 51.9 Å². The number of nitrogens with one attached hydrogen (secondary N) is 1. The lowest BCUT2D eigenvalue weighted by molar-refractivity contribution is -0.124. The Morgan fingerprint density at radius 3 is 2.72 bits per heavy atom. The minimum Gasteiger partial charge on any atom is -0.356 e. The molecule has 1 saturated heterocycles. The van der Waals surface area contributed by atoms with E-state index < -0.39 is 0 Å². The van der Waals surface area contributed by atoms with Crippen molar-refractivity contribution in [2.45, 2.75) is 51.9 Å². The van der Waals surface area contributed by atoms with Crippen molar-refractivity contribution in [3.63, 3.8) is 0 Å². The summed E-state index contributed by atoms with van der Waals surface area (Å²) in [7, 11) is 0. The van der Waals surface area contributed by atoms with E-state index in [1.165, 1.54) is 38.8 Å². The van der Waals surface area contributed by atoms with Gasteiger partial charge in [-0.3, -0.25) is 4.79 Å². The minimum absolute atomic E-state index is 0.305. The maximum absolute atomic E-state index is 11.8. The van der Waals surface area contributed by atoms with Crippen LogP contribution in [0.5, 0.6) is 0 Å². The van der Waals surface area contributed by atoms with Crippen molar-refractivity contribution >= 4 is 5.91 Å². The van der Waals surface area contributed by atoms with Crippen LogP contribution >= 0.6 is 0 Å². The maximum atomic E-state index is 11.8. The van der Waals surface area contributed by atoms with Gasteiger partial charge in [0.25, 0.3) is 0 Å². The molecule has 1 aliphatic carbocycles. The molecule has 1 amide bonds. The van der Waals surface area contributed by atoms with Gasteiger partial charge in [0.05, 0.1) is 0 Å². The third kappa shape index (κ3) is 4.27. The lowest BCUT2D eigenvalue weighted by atomic mass is 10.0. The molecule has 2 rings (SSSR count). The molecule has 0 aromatic rings. The first-order valence-corrected chi connectivity index (χ1v) is 7.76. The molecule has 2 fully saturated rings. The van der Waals surface area contributed by atoms with Gasteiger partial charge in [0.2, 0.25) is 5.91 Å². The van der Waals surface area contributed by atoms with Gasteiger partial charge in [-0.2, -0.15) is 0 Å². The summed E-state index contributed by atoms with van der Waals surface area (Å²) in [4.78, 5) is 14.4. The molecule has 3 heteroatoms. The van der Waals surface area contributed by atoms with E-state index in [2.05, 4.69) is 17.1 Å². The van der Waals surface area contributed by atoms with E-state index in [0.717, 1.165) is 38.3 Å². The van der Waals surface area contributed by atoms with Gasteiger partial charge in [0.15, 0.2) is 0 Å². The van der Waals surface area contributed by atoms with Crippen molar-refractivity contribution in [2.24, 2.45) is 11.8 Å². The maximum Gasteiger partial charge on any atom is 0.223 e. The third-order valence-corrected chi connectivity index (χ3v) is 4.42. The second-order valence-electron chi connectivity index (χ2n) is 6.17. The average Bonchev–Trinajstić information content (AvgIpc) is 2.88. The van der Waals surface area contributed by atoms with Gasteiger partial charge in [-0.25, -0.2) is 0 Å². The highest BCUT2D eigenvalue weighted by Gasteiger charge is 2.22. The van der Waals surface area contributed by atoms with E-state index in [1.807, 2.05) is 0 Å². The number of amides is 1. The predicted molar refractivity (Wildman–Crippen MR) is 74.4 cm³/mol. The highest BCUT2D eigenvalue weighted by molar-refractivity contribution is 5.78. The fraction of sp³-hybridized carbons (Fsp3) is 0.933. The van der Waals surface area contributed by atoms with Crippen LogP contribution in [-0.4, -0.2) is 37.0 Å². The van der Waals surface area contributed by atoms with Crippen molar-refractivity contribution in [1.82, 2.24) is 10.2 Å². The smallest absolute Gasteiger partial charge is 0.223 e. The molecule has 1 aliphatic heterocycles. The molecular formula is C15H28N2O. The van der Waals surface area contributed by atoms with Gasteiger partial charge in [-0.05, 0) is 51.1 Å². The van der Waals surface area contributed by atoms with Crippen LogP contribution in [0, 0.1) is 11.8 Å². The van der Waals surface area contributed by atoms with Crippen molar-refractivity contribution in [2.75, 3.05) is 26.2 Å². The molecule has 3 nitrogen and oxygen atoms in total. The highest BCUT2D eigenvalue weighted by Crippen LogP contribution is 2.24. The number of hydrogen-bond acceptors (Lipinski definition) is 2. The Bertz CT molecular complexity index is 261. The second kappa shape index (κ2) is 7.13. The first-order chi connectivity index (χ1) is 8.75. The Morgan fingerprint density at radius 2 is 2.00 bits per heavy atom. The molecule has 0 aromatic carbocycles. The second-order valence-corrected chi connectivity index (χ2v) is 6.17. The molecule has 0 aromatic heterocycles. The fourth-order valence-electron chi connectivity index (χ4n) is 3.34. The van der Waals surface area contributed by atoms with Crippen molar-refractivity contribution in [3.05, 3.63) is 0 Å². The Balaban J connectivity index is 1.53. The standard InChI is InChI=1S/C15H28N2O/c1-13-6-4-10-17(12-13)11-5-9-16-15(18)14-7-2-3-8-14/h13-14H,2-12H2,1H3,(H,16,18). The van der Waals surface area contributed by atoms with Crippen LogP contribution in [0.15, 0.2) is 0 Å². The van der Waals surface area contributed by atoms with Crippen LogP contribution in [0.2, 0.25) is 0 Å². The van der Waals surface area contributed by atoms with Gasteiger partial charge < -0.3 is 10.2 Å². The topological polar surface area (TPSA) is 32.3 Å². The molecule has 0 radical (unpaired) electrons. The lowest BCUT2D eigenvalue weighted by Gasteiger charge is -2.30. The molecule has 0 spiro atoms. The summed E-state index contributed by atoms with van der Waals surface area (Å²) in [5.41, 5.74) is 0. The molecule has 1 N–H and O–H groups in total. The Labute approximate surface area is 111 Å². The third-order valence-electron chi connectivity index (χ3n) is 4.42. The summed E-state index contributed by atoms with van der Waals surface area (Å²) in [6, 6.07) is 0. The Morgan fingerprint density at radius 1 is 1.22 bits per heavy atom.